The van der Waals surface area contributed by atoms with Crippen LogP contribution >= 0.6 is 34.5 Å². The van der Waals surface area contributed by atoms with Crippen LogP contribution in [0.5, 0.6) is 0 Å². The number of benzene rings is 3. The van der Waals surface area contributed by atoms with Crippen molar-refractivity contribution in [3.63, 3.8) is 0 Å². The van der Waals surface area contributed by atoms with Crippen molar-refractivity contribution in [3.8, 4) is 11.1 Å². The molecule has 0 saturated carbocycles. The number of aryl methyl sites for hydroxylation is 1. The smallest absolute Gasteiger partial charge is 0.273 e. The molecule has 1 N–H and O–H groups in total. The Morgan fingerprint density at radius 2 is 1.75 bits per heavy atom. The van der Waals surface area contributed by atoms with Crippen LogP contribution in [-0.4, -0.2) is 23.9 Å². The molecule has 6 nitrogen and oxygen atoms in total. The molecule has 0 aliphatic carbocycles. The van der Waals surface area contributed by atoms with Gasteiger partial charge in [0.2, 0.25) is 0 Å². The largest absolute Gasteiger partial charge is 0.324 e. The summed E-state index contributed by atoms with van der Waals surface area (Å²) in [5.41, 5.74) is 4.56. The SMILES string of the molecule is Cc1nc2ccc(C(=O)NS(=O)(=O)c3ccc(Cl)s3)cc2n1Cc1ccc(-c2ccccc2)cc1Cl. The Kier molecular flexibility index (Phi) is 6.61. The van der Waals surface area contributed by atoms with Gasteiger partial charge in [-0.25, -0.2) is 18.1 Å². The fourth-order valence-electron chi connectivity index (χ4n) is 3.91. The van der Waals surface area contributed by atoms with E-state index in [0.717, 1.165) is 33.9 Å². The third-order valence-electron chi connectivity index (χ3n) is 5.73. The second-order valence-corrected chi connectivity index (χ2v) is 12.1. The van der Waals surface area contributed by atoms with Crippen LogP contribution in [0.15, 0.2) is 83.1 Å². The van der Waals surface area contributed by atoms with Crippen molar-refractivity contribution in [1.82, 2.24) is 14.3 Å². The maximum Gasteiger partial charge on any atom is 0.273 e. The lowest BCUT2D eigenvalue weighted by molar-refractivity contribution is 0.0981. The van der Waals surface area contributed by atoms with Gasteiger partial charge in [0.15, 0.2) is 0 Å². The van der Waals surface area contributed by atoms with Gasteiger partial charge in [-0.2, -0.15) is 0 Å². The number of fused-ring (bicyclic) bond motifs is 1. The lowest BCUT2D eigenvalue weighted by Gasteiger charge is -2.11. The summed E-state index contributed by atoms with van der Waals surface area (Å²) in [6.07, 6.45) is 0. The van der Waals surface area contributed by atoms with Gasteiger partial charge in [0, 0.05) is 10.6 Å². The van der Waals surface area contributed by atoms with E-state index in [4.69, 9.17) is 23.2 Å². The van der Waals surface area contributed by atoms with Crippen LogP contribution < -0.4 is 4.72 Å². The van der Waals surface area contributed by atoms with Crippen LogP contribution in [0.3, 0.4) is 0 Å². The number of halogens is 2. The third-order valence-corrected chi connectivity index (χ3v) is 9.14. The molecule has 0 bridgehead atoms. The molecule has 0 unspecified atom stereocenters. The number of nitrogens with zero attached hydrogens (tertiary/aromatic N) is 2. The van der Waals surface area contributed by atoms with Crippen molar-refractivity contribution in [2.24, 2.45) is 0 Å². The Bertz CT molecular complexity index is 1710. The summed E-state index contributed by atoms with van der Waals surface area (Å²) in [6, 6.07) is 23.6. The van der Waals surface area contributed by atoms with Crippen molar-refractivity contribution in [2.75, 3.05) is 0 Å². The van der Waals surface area contributed by atoms with Crippen molar-refractivity contribution >= 4 is 61.5 Å². The van der Waals surface area contributed by atoms with E-state index in [0.29, 0.717) is 26.9 Å². The first kappa shape index (κ1) is 24.5. The molecule has 0 aliphatic rings. The lowest BCUT2D eigenvalue weighted by atomic mass is 10.0. The average Bonchev–Trinajstić information content (AvgIpc) is 3.43. The van der Waals surface area contributed by atoms with E-state index in [9.17, 15) is 13.2 Å². The summed E-state index contributed by atoms with van der Waals surface area (Å²) in [5.74, 6) is 0.00341. The molecular formula is C26H19Cl2N3O3S2. The Morgan fingerprint density at radius 1 is 0.972 bits per heavy atom. The Morgan fingerprint density at radius 3 is 2.44 bits per heavy atom. The highest BCUT2D eigenvalue weighted by Gasteiger charge is 2.21. The van der Waals surface area contributed by atoms with E-state index in [1.54, 1.807) is 18.2 Å². The highest BCUT2D eigenvalue weighted by Crippen LogP contribution is 2.28. The zero-order chi connectivity index (χ0) is 25.4. The van der Waals surface area contributed by atoms with Gasteiger partial charge >= 0.3 is 0 Å². The van der Waals surface area contributed by atoms with Gasteiger partial charge in [0.25, 0.3) is 15.9 Å². The summed E-state index contributed by atoms with van der Waals surface area (Å²) >= 11 is 13.4. The van der Waals surface area contributed by atoms with Gasteiger partial charge in [-0.15, -0.1) is 11.3 Å². The Labute approximate surface area is 222 Å². The number of carbonyl (C=O) groups is 1. The first-order valence-electron chi connectivity index (χ1n) is 10.8. The monoisotopic (exact) mass is 555 g/mol. The van der Waals surface area contributed by atoms with Gasteiger partial charge in [-0.3, -0.25) is 4.79 Å². The van der Waals surface area contributed by atoms with E-state index in [1.165, 1.54) is 12.1 Å². The molecular weight excluding hydrogens is 537 g/mol. The highest BCUT2D eigenvalue weighted by molar-refractivity contribution is 7.92. The molecule has 2 heterocycles. The third kappa shape index (κ3) is 4.90. The second kappa shape index (κ2) is 9.71. The summed E-state index contributed by atoms with van der Waals surface area (Å²) in [5, 5.41) is 0.618. The second-order valence-electron chi connectivity index (χ2n) is 8.11. The fourth-order valence-corrected chi connectivity index (χ4v) is 6.61. The highest BCUT2D eigenvalue weighted by atomic mass is 35.5. The minimum atomic E-state index is -4.03. The maximum absolute atomic E-state index is 12.8. The van der Waals surface area contributed by atoms with E-state index >= 15 is 0 Å². The molecule has 0 spiro atoms. The molecule has 0 atom stereocenters. The van der Waals surface area contributed by atoms with Crippen molar-refractivity contribution < 1.29 is 13.2 Å². The van der Waals surface area contributed by atoms with E-state index < -0.39 is 15.9 Å². The predicted octanol–water partition coefficient (Wildman–Crippen LogP) is 6.55. The molecule has 1 amide bonds. The molecule has 0 aliphatic heterocycles. The van der Waals surface area contributed by atoms with Crippen LogP contribution in [0.25, 0.3) is 22.2 Å². The molecule has 182 valence electrons. The average molecular weight is 556 g/mol. The van der Waals surface area contributed by atoms with E-state index in [2.05, 4.69) is 9.71 Å². The fraction of sp³-hybridized carbons (Fsp3) is 0.0769. The molecule has 5 aromatic rings. The number of nitrogens with one attached hydrogen (secondary N) is 1. The van der Waals surface area contributed by atoms with E-state index in [1.807, 2.05) is 60.0 Å². The van der Waals surface area contributed by atoms with Crippen LogP contribution in [0.4, 0.5) is 0 Å². The van der Waals surface area contributed by atoms with Crippen molar-refractivity contribution in [3.05, 3.63) is 105 Å². The number of aromatic nitrogens is 2. The number of hydrogen-bond acceptors (Lipinski definition) is 5. The Hall–Kier alpha value is -3.17. The van der Waals surface area contributed by atoms with Gasteiger partial charge < -0.3 is 4.57 Å². The number of imidazole rings is 1. The maximum atomic E-state index is 12.8. The number of amides is 1. The minimum Gasteiger partial charge on any atom is -0.324 e. The van der Waals surface area contributed by atoms with E-state index in [-0.39, 0.29) is 9.77 Å². The summed E-state index contributed by atoms with van der Waals surface area (Å²) in [6.45, 7) is 2.31. The summed E-state index contributed by atoms with van der Waals surface area (Å²) in [7, 11) is -4.03. The van der Waals surface area contributed by atoms with Gasteiger partial charge in [-0.05, 0) is 60.0 Å². The van der Waals surface area contributed by atoms with Crippen LogP contribution in [0.1, 0.15) is 21.7 Å². The zero-order valence-corrected chi connectivity index (χ0v) is 22.0. The Balaban J connectivity index is 1.44. The molecule has 10 heteroatoms. The quantitative estimate of drug-likeness (QED) is 0.257. The van der Waals surface area contributed by atoms with Crippen molar-refractivity contribution in [1.29, 1.82) is 0 Å². The number of thiophene rings is 1. The summed E-state index contributed by atoms with van der Waals surface area (Å²) < 4.78 is 29.5. The molecule has 5 rings (SSSR count). The molecule has 3 aromatic carbocycles. The molecule has 36 heavy (non-hydrogen) atoms. The van der Waals surface area contributed by atoms with Gasteiger partial charge in [0.1, 0.15) is 10.0 Å². The normalized spacial score (nSPS) is 11.6. The van der Waals surface area contributed by atoms with Gasteiger partial charge in [-0.1, -0.05) is 65.7 Å². The van der Waals surface area contributed by atoms with Gasteiger partial charge in [0.05, 0.1) is 21.9 Å². The van der Waals surface area contributed by atoms with Crippen molar-refractivity contribution in [2.45, 2.75) is 17.7 Å². The first-order chi connectivity index (χ1) is 17.2. The first-order valence-corrected chi connectivity index (χ1v) is 13.9. The van der Waals surface area contributed by atoms with Crippen LogP contribution in [0, 0.1) is 6.92 Å². The lowest BCUT2D eigenvalue weighted by Crippen LogP contribution is -2.30. The van der Waals surface area contributed by atoms with Crippen LogP contribution in [-0.2, 0) is 16.6 Å². The molecule has 0 saturated heterocycles. The van der Waals surface area contributed by atoms with Crippen LogP contribution in [0.2, 0.25) is 9.36 Å². The number of carbonyl (C=O) groups excluding carboxylic acids is 1. The molecule has 0 radical (unpaired) electrons. The zero-order valence-electron chi connectivity index (χ0n) is 18.9. The number of hydrogen-bond donors (Lipinski definition) is 1. The predicted molar refractivity (Wildman–Crippen MR) is 144 cm³/mol. The minimum absolute atomic E-state index is 0.0311. The number of sulfonamides is 1. The number of rotatable bonds is 6. The molecule has 2 aromatic heterocycles. The molecule has 0 fully saturated rings. The summed E-state index contributed by atoms with van der Waals surface area (Å²) in [4.78, 5) is 17.4. The topological polar surface area (TPSA) is 81.1 Å². The standard InChI is InChI=1S/C26H19Cl2N3O3S2/c1-16-29-22-10-9-19(26(32)30-36(33,34)25-12-11-24(28)35-25)14-23(22)31(16)15-20-8-7-18(13-21(20)27)17-5-3-2-4-6-17/h2-14H,15H2,1H3,(H,30,32).